The highest BCUT2D eigenvalue weighted by Gasteiger charge is 2.34. The number of amides is 2. The molecule has 0 bridgehead atoms. The molecule has 0 spiro atoms. The zero-order chi connectivity index (χ0) is 22.5. The highest BCUT2D eigenvalue weighted by atomic mass is 16.5. The molecule has 3 heterocycles. The van der Waals surface area contributed by atoms with Crippen molar-refractivity contribution in [1.29, 1.82) is 0 Å². The van der Waals surface area contributed by atoms with Gasteiger partial charge in [0.05, 0.1) is 33.4 Å². The van der Waals surface area contributed by atoms with E-state index in [2.05, 4.69) is 4.90 Å². The summed E-state index contributed by atoms with van der Waals surface area (Å²) in [5.74, 6) is 1.64. The molecule has 0 aliphatic carbocycles. The summed E-state index contributed by atoms with van der Waals surface area (Å²) in [5, 5.41) is 0. The van der Waals surface area contributed by atoms with Crippen molar-refractivity contribution in [3.05, 3.63) is 23.3 Å². The highest BCUT2D eigenvalue weighted by molar-refractivity contribution is 5.84. The van der Waals surface area contributed by atoms with Gasteiger partial charge in [0.2, 0.25) is 11.8 Å². The van der Waals surface area contributed by atoms with Gasteiger partial charge in [0.15, 0.2) is 11.5 Å². The predicted molar refractivity (Wildman–Crippen MR) is 120 cm³/mol. The number of benzene rings is 1. The molecule has 2 saturated heterocycles. The molecule has 0 saturated carbocycles. The zero-order valence-corrected chi connectivity index (χ0v) is 19.3. The van der Waals surface area contributed by atoms with Crippen LogP contribution in [0.3, 0.4) is 0 Å². The molecule has 1 atom stereocenters. The average Bonchev–Trinajstić information content (AvgIpc) is 2.84. The number of carbonyl (C=O) groups excluding carboxylic acids is 2. The van der Waals surface area contributed by atoms with E-state index < -0.39 is 0 Å². The van der Waals surface area contributed by atoms with Gasteiger partial charge >= 0.3 is 0 Å². The molecule has 4 rings (SSSR count). The molecular weight excluding hydrogens is 410 g/mol. The maximum absolute atomic E-state index is 13.3. The summed E-state index contributed by atoms with van der Waals surface area (Å²) in [7, 11) is 3.27. The van der Waals surface area contributed by atoms with Crippen molar-refractivity contribution in [3.63, 3.8) is 0 Å². The van der Waals surface area contributed by atoms with E-state index >= 15 is 0 Å². The first kappa shape index (κ1) is 22.9. The highest BCUT2D eigenvalue weighted by Crippen LogP contribution is 2.34. The fourth-order valence-electron chi connectivity index (χ4n) is 4.97. The van der Waals surface area contributed by atoms with E-state index in [0.29, 0.717) is 38.2 Å². The molecule has 8 heteroatoms. The van der Waals surface area contributed by atoms with Crippen LogP contribution < -0.4 is 9.47 Å². The van der Waals surface area contributed by atoms with Gasteiger partial charge in [-0.05, 0) is 42.5 Å². The van der Waals surface area contributed by atoms with Crippen molar-refractivity contribution in [2.75, 3.05) is 66.7 Å². The second kappa shape index (κ2) is 10.5. The minimum absolute atomic E-state index is 0.113. The molecule has 0 radical (unpaired) electrons. The van der Waals surface area contributed by atoms with E-state index in [0.717, 1.165) is 63.5 Å². The fourth-order valence-corrected chi connectivity index (χ4v) is 4.97. The normalized spacial score (nSPS) is 21.9. The molecule has 8 nitrogen and oxygen atoms in total. The summed E-state index contributed by atoms with van der Waals surface area (Å²) in [6.45, 7) is 7.01. The Morgan fingerprint density at radius 2 is 1.75 bits per heavy atom. The van der Waals surface area contributed by atoms with E-state index in [9.17, 15) is 9.59 Å². The van der Waals surface area contributed by atoms with Crippen molar-refractivity contribution in [2.45, 2.75) is 32.2 Å². The van der Waals surface area contributed by atoms with Gasteiger partial charge in [-0.25, -0.2) is 0 Å². The van der Waals surface area contributed by atoms with E-state index in [1.54, 1.807) is 14.2 Å². The van der Waals surface area contributed by atoms with E-state index in [4.69, 9.17) is 14.2 Å². The average molecular weight is 446 g/mol. The van der Waals surface area contributed by atoms with Crippen LogP contribution in [0.2, 0.25) is 0 Å². The van der Waals surface area contributed by atoms with Crippen LogP contribution in [0.5, 0.6) is 11.5 Å². The van der Waals surface area contributed by atoms with E-state index in [1.807, 2.05) is 21.9 Å². The molecule has 2 amide bonds. The third-order valence-corrected chi connectivity index (χ3v) is 6.89. The number of likely N-dealkylation sites (tertiary alicyclic amines) is 1. The number of fused-ring (bicyclic) bond motifs is 1. The van der Waals surface area contributed by atoms with Gasteiger partial charge in [-0.1, -0.05) is 0 Å². The number of carbonyl (C=O) groups is 2. The molecular formula is C24H35N3O5. The Bertz CT molecular complexity index is 824. The minimum Gasteiger partial charge on any atom is -0.493 e. The van der Waals surface area contributed by atoms with Crippen molar-refractivity contribution in [3.8, 4) is 11.5 Å². The van der Waals surface area contributed by atoms with Crippen LogP contribution in [0.15, 0.2) is 12.1 Å². The number of nitrogens with zero attached hydrogens (tertiary/aromatic N) is 3. The van der Waals surface area contributed by atoms with Crippen LogP contribution in [-0.4, -0.2) is 93.2 Å². The number of methoxy groups -OCH3 is 2. The summed E-state index contributed by atoms with van der Waals surface area (Å²) in [6.07, 6.45) is 2.85. The number of ether oxygens (including phenoxy) is 3. The van der Waals surface area contributed by atoms with Crippen LogP contribution in [0.1, 0.15) is 30.4 Å². The van der Waals surface area contributed by atoms with Crippen molar-refractivity contribution in [1.82, 2.24) is 14.7 Å². The van der Waals surface area contributed by atoms with Gasteiger partial charge in [-0.3, -0.25) is 14.5 Å². The lowest BCUT2D eigenvalue weighted by Gasteiger charge is -2.37. The third-order valence-electron chi connectivity index (χ3n) is 6.89. The number of rotatable bonds is 7. The van der Waals surface area contributed by atoms with Crippen LogP contribution in [0.25, 0.3) is 0 Å². The smallest absolute Gasteiger partial charge is 0.227 e. The Labute approximate surface area is 190 Å². The molecule has 32 heavy (non-hydrogen) atoms. The number of hydrogen-bond donors (Lipinski definition) is 0. The zero-order valence-electron chi connectivity index (χ0n) is 19.3. The first-order valence-corrected chi connectivity index (χ1v) is 11.7. The molecule has 176 valence electrons. The Hall–Kier alpha value is -2.32. The third kappa shape index (κ3) is 5.18. The van der Waals surface area contributed by atoms with Gasteiger partial charge < -0.3 is 24.0 Å². The Kier molecular flexibility index (Phi) is 7.52. The standard InChI is InChI=1S/C24H35N3O5/c1-30-21-14-18-6-9-27(17-20(18)15-22(21)31-2)24(29)19-4-5-23(28)26(16-19)8-3-7-25-10-12-32-13-11-25/h14-15,19H,3-13,16-17H2,1-2H3/t19-/m0/s1. The fraction of sp³-hybridized carbons (Fsp3) is 0.667. The summed E-state index contributed by atoms with van der Waals surface area (Å²) in [5.41, 5.74) is 2.31. The largest absolute Gasteiger partial charge is 0.493 e. The van der Waals surface area contributed by atoms with E-state index in [1.165, 1.54) is 5.56 Å². The van der Waals surface area contributed by atoms with Crippen LogP contribution >= 0.6 is 0 Å². The molecule has 2 fully saturated rings. The summed E-state index contributed by atoms with van der Waals surface area (Å²) < 4.78 is 16.2. The summed E-state index contributed by atoms with van der Waals surface area (Å²) in [6, 6.07) is 4.00. The maximum atomic E-state index is 13.3. The lowest BCUT2D eigenvalue weighted by molar-refractivity contribution is -0.143. The second-order valence-corrected chi connectivity index (χ2v) is 8.87. The lowest BCUT2D eigenvalue weighted by Crippen LogP contribution is -2.48. The maximum Gasteiger partial charge on any atom is 0.227 e. The monoisotopic (exact) mass is 445 g/mol. The molecule has 1 aromatic rings. The van der Waals surface area contributed by atoms with Crippen molar-refractivity contribution < 1.29 is 23.8 Å². The summed E-state index contributed by atoms with van der Waals surface area (Å²) in [4.78, 5) is 32.0. The lowest BCUT2D eigenvalue weighted by atomic mass is 9.93. The van der Waals surface area contributed by atoms with Gasteiger partial charge in [0.1, 0.15) is 0 Å². The minimum atomic E-state index is -0.113. The Morgan fingerprint density at radius 3 is 2.47 bits per heavy atom. The molecule has 0 unspecified atom stereocenters. The van der Waals surface area contributed by atoms with E-state index in [-0.39, 0.29) is 17.7 Å². The van der Waals surface area contributed by atoms with Gasteiger partial charge in [-0.2, -0.15) is 0 Å². The summed E-state index contributed by atoms with van der Waals surface area (Å²) >= 11 is 0. The topological polar surface area (TPSA) is 71.6 Å². The van der Waals surface area contributed by atoms with Crippen LogP contribution in [0.4, 0.5) is 0 Å². The number of piperidine rings is 1. The first-order valence-electron chi connectivity index (χ1n) is 11.7. The SMILES string of the molecule is COc1cc2c(cc1OC)CN(C(=O)[C@H]1CCC(=O)N(CCCN3CCOCC3)C1)CC2. The second-order valence-electron chi connectivity index (χ2n) is 8.87. The molecule has 0 aromatic heterocycles. The van der Waals surface area contributed by atoms with Crippen LogP contribution in [-0.2, 0) is 27.3 Å². The Balaban J connectivity index is 1.33. The van der Waals surface area contributed by atoms with Gasteiger partial charge in [0.25, 0.3) is 0 Å². The molecule has 1 aromatic carbocycles. The Morgan fingerprint density at radius 1 is 1.03 bits per heavy atom. The molecule has 0 N–H and O–H groups in total. The number of morpholine rings is 1. The molecule has 3 aliphatic heterocycles. The number of hydrogen-bond acceptors (Lipinski definition) is 6. The van der Waals surface area contributed by atoms with Gasteiger partial charge in [0, 0.05) is 52.2 Å². The quantitative estimate of drug-likeness (QED) is 0.634. The van der Waals surface area contributed by atoms with Crippen LogP contribution in [0, 0.1) is 5.92 Å². The van der Waals surface area contributed by atoms with Crippen molar-refractivity contribution in [2.24, 2.45) is 5.92 Å². The predicted octanol–water partition coefficient (Wildman–Crippen LogP) is 1.55. The van der Waals surface area contributed by atoms with Crippen molar-refractivity contribution >= 4 is 11.8 Å². The molecule has 3 aliphatic rings. The van der Waals surface area contributed by atoms with Gasteiger partial charge in [-0.15, -0.1) is 0 Å². The first-order chi connectivity index (χ1) is 15.6.